The summed E-state index contributed by atoms with van der Waals surface area (Å²) in [4.78, 5) is 4.87. The molecule has 0 aliphatic heterocycles. The minimum Gasteiger partial charge on any atom is -0.357 e. The summed E-state index contributed by atoms with van der Waals surface area (Å²) in [6.45, 7) is 3.77. The predicted octanol–water partition coefficient (Wildman–Crippen LogP) is 3.26. The van der Waals surface area contributed by atoms with Crippen molar-refractivity contribution in [2.75, 3.05) is 18.8 Å². The molecule has 0 unspecified atom stereocenters. The Kier molecular flexibility index (Phi) is 7.94. The number of sulfone groups is 1. The largest absolute Gasteiger partial charge is 0.357 e. The number of benzene rings is 2. The van der Waals surface area contributed by atoms with E-state index >= 15 is 0 Å². The van der Waals surface area contributed by atoms with Gasteiger partial charge in [0.2, 0.25) is 0 Å². The van der Waals surface area contributed by atoms with Crippen molar-refractivity contribution in [3.05, 3.63) is 65.2 Å². The van der Waals surface area contributed by atoms with Gasteiger partial charge in [0.1, 0.15) is 0 Å². The zero-order valence-corrected chi connectivity index (χ0v) is 16.4. The summed E-state index contributed by atoms with van der Waals surface area (Å²) in [7, 11) is -3.24. The monoisotopic (exact) mass is 393 g/mol. The standard InChI is InChI=1S/C19H24ClN3O2S/c1-2-21-19(23-15-16-9-11-17(20)12-10-16)22-13-6-14-26(24,25)18-7-4-3-5-8-18/h3-5,7-12H,2,6,13-15H2,1H3,(H2,21,22,23). The molecular formula is C19H24ClN3O2S. The van der Waals surface area contributed by atoms with Gasteiger partial charge in [0.05, 0.1) is 17.2 Å². The first-order chi connectivity index (χ1) is 12.5. The van der Waals surface area contributed by atoms with E-state index in [-0.39, 0.29) is 5.75 Å². The number of nitrogens with zero attached hydrogens (tertiary/aromatic N) is 1. The van der Waals surface area contributed by atoms with E-state index in [1.165, 1.54) is 0 Å². The van der Waals surface area contributed by atoms with Gasteiger partial charge in [-0.1, -0.05) is 41.9 Å². The van der Waals surface area contributed by atoms with Crippen molar-refractivity contribution in [2.45, 2.75) is 24.8 Å². The average Bonchev–Trinajstić information content (AvgIpc) is 2.65. The number of guanidine groups is 1. The van der Waals surface area contributed by atoms with Crippen molar-refractivity contribution in [2.24, 2.45) is 4.99 Å². The summed E-state index contributed by atoms with van der Waals surface area (Å²) in [5.41, 5.74) is 1.05. The molecule has 0 aliphatic rings. The molecule has 0 amide bonds. The van der Waals surface area contributed by atoms with E-state index in [4.69, 9.17) is 11.6 Å². The third-order valence-corrected chi connectivity index (χ3v) is 5.73. The van der Waals surface area contributed by atoms with Gasteiger partial charge in [-0.2, -0.15) is 0 Å². The first-order valence-electron chi connectivity index (χ1n) is 8.55. The van der Waals surface area contributed by atoms with Gasteiger partial charge in [-0.15, -0.1) is 0 Å². The van der Waals surface area contributed by atoms with Gasteiger partial charge in [-0.3, -0.25) is 0 Å². The highest BCUT2D eigenvalue weighted by molar-refractivity contribution is 7.91. The van der Waals surface area contributed by atoms with E-state index in [9.17, 15) is 8.42 Å². The van der Waals surface area contributed by atoms with Crippen molar-refractivity contribution in [3.63, 3.8) is 0 Å². The van der Waals surface area contributed by atoms with Crippen molar-refractivity contribution >= 4 is 27.4 Å². The molecule has 0 heterocycles. The maximum atomic E-state index is 12.3. The Balaban J connectivity index is 1.84. The lowest BCUT2D eigenvalue weighted by Crippen LogP contribution is -2.38. The second-order valence-corrected chi connectivity index (χ2v) is 8.28. The highest BCUT2D eigenvalue weighted by Crippen LogP contribution is 2.11. The average molecular weight is 394 g/mol. The van der Waals surface area contributed by atoms with Crippen molar-refractivity contribution in [1.29, 1.82) is 0 Å². The molecule has 2 aromatic rings. The van der Waals surface area contributed by atoms with E-state index in [2.05, 4.69) is 15.6 Å². The Morgan fingerprint density at radius 1 is 1.04 bits per heavy atom. The van der Waals surface area contributed by atoms with Gasteiger partial charge in [0.25, 0.3) is 0 Å². The van der Waals surface area contributed by atoms with Gasteiger partial charge in [0, 0.05) is 18.1 Å². The molecule has 0 aliphatic carbocycles. The number of nitrogens with one attached hydrogen (secondary N) is 2. The van der Waals surface area contributed by atoms with E-state index in [0.717, 1.165) is 12.1 Å². The number of rotatable bonds is 8. The van der Waals surface area contributed by atoms with E-state index in [1.807, 2.05) is 31.2 Å². The minimum atomic E-state index is -3.24. The van der Waals surface area contributed by atoms with Crippen molar-refractivity contribution < 1.29 is 8.42 Å². The van der Waals surface area contributed by atoms with E-state index in [0.29, 0.717) is 35.4 Å². The lowest BCUT2D eigenvalue weighted by atomic mass is 10.2. The number of halogens is 1. The minimum absolute atomic E-state index is 0.0978. The summed E-state index contributed by atoms with van der Waals surface area (Å²) in [6.07, 6.45) is 0.503. The highest BCUT2D eigenvalue weighted by atomic mass is 35.5. The smallest absolute Gasteiger partial charge is 0.191 e. The Morgan fingerprint density at radius 2 is 1.73 bits per heavy atom. The van der Waals surface area contributed by atoms with Crippen LogP contribution in [0.1, 0.15) is 18.9 Å². The fourth-order valence-corrected chi connectivity index (χ4v) is 3.77. The second kappa shape index (κ2) is 10.2. The summed E-state index contributed by atoms with van der Waals surface area (Å²) in [5.74, 6) is 0.764. The Hall–Kier alpha value is -2.05. The molecule has 5 nitrogen and oxygen atoms in total. The Morgan fingerprint density at radius 3 is 2.38 bits per heavy atom. The van der Waals surface area contributed by atoms with E-state index in [1.54, 1.807) is 30.3 Å². The second-order valence-electron chi connectivity index (χ2n) is 5.73. The van der Waals surface area contributed by atoms with Crippen LogP contribution in [-0.2, 0) is 16.4 Å². The molecule has 26 heavy (non-hydrogen) atoms. The van der Waals surface area contributed by atoms with Gasteiger partial charge in [-0.25, -0.2) is 13.4 Å². The molecule has 2 aromatic carbocycles. The zero-order valence-electron chi connectivity index (χ0n) is 14.8. The summed E-state index contributed by atoms with van der Waals surface area (Å²) in [6, 6.07) is 16.1. The van der Waals surface area contributed by atoms with Crippen LogP contribution in [0.3, 0.4) is 0 Å². The Bertz CT molecular complexity index is 806. The van der Waals surface area contributed by atoms with Crippen LogP contribution in [0.15, 0.2) is 64.5 Å². The van der Waals surface area contributed by atoms with Crippen LogP contribution in [0.4, 0.5) is 0 Å². The molecule has 7 heteroatoms. The van der Waals surface area contributed by atoms with Crippen LogP contribution in [0, 0.1) is 0 Å². The third kappa shape index (κ3) is 6.69. The molecule has 0 saturated carbocycles. The number of aliphatic imine (C=N–C) groups is 1. The van der Waals surface area contributed by atoms with Gasteiger partial charge in [0.15, 0.2) is 15.8 Å². The van der Waals surface area contributed by atoms with Crippen LogP contribution in [0.2, 0.25) is 5.02 Å². The van der Waals surface area contributed by atoms with E-state index < -0.39 is 9.84 Å². The molecule has 0 spiro atoms. The highest BCUT2D eigenvalue weighted by Gasteiger charge is 2.13. The summed E-state index contributed by atoms with van der Waals surface area (Å²) in [5, 5.41) is 7.03. The van der Waals surface area contributed by atoms with Gasteiger partial charge >= 0.3 is 0 Å². The van der Waals surface area contributed by atoms with Crippen LogP contribution >= 0.6 is 11.6 Å². The predicted molar refractivity (Wildman–Crippen MR) is 107 cm³/mol. The fourth-order valence-electron chi connectivity index (χ4n) is 2.32. The SMILES string of the molecule is CCNC(=NCc1ccc(Cl)cc1)NCCCS(=O)(=O)c1ccccc1. The van der Waals surface area contributed by atoms with Crippen molar-refractivity contribution in [3.8, 4) is 0 Å². The molecule has 0 radical (unpaired) electrons. The molecule has 2 N–H and O–H groups in total. The van der Waals surface area contributed by atoms with Crippen LogP contribution < -0.4 is 10.6 Å². The molecule has 0 saturated heterocycles. The number of hydrogen-bond acceptors (Lipinski definition) is 3. The Labute approximate surface area is 160 Å². The zero-order chi connectivity index (χ0) is 18.8. The molecule has 140 valence electrons. The molecular weight excluding hydrogens is 370 g/mol. The third-order valence-electron chi connectivity index (χ3n) is 3.66. The summed E-state index contributed by atoms with van der Waals surface area (Å²) < 4.78 is 24.5. The van der Waals surface area contributed by atoms with Crippen LogP contribution in [-0.4, -0.2) is 33.2 Å². The molecule has 0 bridgehead atoms. The maximum Gasteiger partial charge on any atom is 0.191 e. The van der Waals surface area contributed by atoms with Crippen LogP contribution in [0.5, 0.6) is 0 Å². The molecule has 0 fully saturated rings. The fraction of sp³-hybridized carbons (Fsp3) is 0.316. The molecule has 2 rings (SSSR count). The van der Waals surface area contributed by atoms with Gasteiger partial charge < -0.3 is 10.6 Å². The topological polar surface area (TPSA) is 70.6 Å². The normalized spacial score (nSPS) is 12.0. The first-order valence-corrected chi connectivity index (χ1v) is 10.6. The lowest BCUT2D eigenvalue weighted by molar-refractivity contribution is 0.592. The van der Waals surface area contributed by atoms with Gasteiger partial charge in [-0.05, 0) is 43.2 Å². The summed E-state index contributed by atoms with van der Waals surface area (Å²) >= 11 is 5.88. The quantitative estimate of drug-likeness (QED) is 0.410. The first kappa shape index (κ1) is 20.3. The van der Waals surface area contributed by atoms with Crippen LogP contribution in [0.25, 0.3) is 0 Å². The molecule has 0 atom stereocenters. The lowest BCUT2D eigenvalue weighted by Gasteiger charge is -2.11. The molecule has 0 aromatic heterocycles. The maximum absolute atomic E-state index is 12.3. The number of hydrogen-bond donors (Lipinski definition) is 2. The van der Waals surface area contributed by atoms with Crippen molar-refractivity contribution in [1.82, 2.24) is 10.6 Å².